The van der Waals surface area contributed by atoms with Crippen LogP contribution in [0.4, 0.5) is 0 Å². The van der Waals surface area contributed by atoms with E-state index >= 15 is 0 Å². The van der Waals surface area contributed by atoms with Crippen molar-refractivity contribution in [3.05, 3.63) is 0 Å². The number of hydrogen-bond acceptors (Lipinski definition) is 2. The molecule has 1 amide bonds. The van der Waals surface area contributed by atoms with Crippen LogP contribution in [0.3, 0.4) is 0 Å². The van der Waals surface area contributed by atoms with Crippen molar-refractivity contribution in [1.82, 2.24) is 10.6 Å². The van der Waals surface area contributed by atoms with Crippen LogP contribution in [0.2, 0.25) is 0 Å². The molecule has 3 nitrogen and oxygen atoms in total. The minimum atomic E-state index is -0.145. The summed E-state index contributed by atoms with van der Waals surface area (Å²) in [5, 5.41) is 6.33. The quantitative estimate of drug-likeness (QED) is 0.770. The van der Waals surface area contributed by atoms with Crippen molar-refractivity contribution in [2.45, 2.75) is 65.5 Å². The fourth-order valence-electron chi connectivity index (χ4n) is 1.93. The molecule has 1 aliphatic rings. The average Bonchev–Trinajstić information content (AvgIpc) is 2.08. The van der Waals surface area contributed by atoms with Crippen molar-refractivity contribution in [3.63, 3.8) is 0 Å². The first-order chi connectivity index (χ1) is 7.22. The predicted molar refractivity (Wildman–Crippen MR) is 67.3 cm³/mol. The molecule has 0 aromatic rings. The Balaban J connectivity index is 2.29. The van der Waals surface area contributed by atoms with Gasteiger partial charge in [0.05, 0.1) is 6.04 Å². The molecule has 94 valence electrons. The van der Waals surface area contributed by atoms with Gasteiger partial charge in [-0.3, -0.25) is 4.79 Å². The van der Waals surface area contributed by atoms with Crippen LogP contribution in [-0.2, 0) is 4.79 Å². The van der Waals surface area contributed by atoms with Crippen molar-refractivity contribution in [3.8, 4) is 0 Å². The zero-order valence-electron chi connectivity index (χ0n) is 11.3. The highest BCUT2D eigenvalue weighted by molar-refractivity contribution is 5.81. The second-order valence-corrected chi connectivity index (χ2v) is 6.51. The van der Waals surface area contributed by atoms with E-state index in [9.17, 15) is 4.79 Å². The van der Waals surface area contributed by atoms with E-state index < -0.39 is 0 Å². The third-order valence-electron chi connectivity index (χ3n) is 3.29. The Kier molecular flexibility index (Phi) is 4.00. The van der Waals surface area contributed by atoms with Crippen LogP contribution < -0.4 is 10.6 Å². The van der Waals surface area contributed by atoms with Crippen LogP contribution >= 0.6 is 0 Å². The lowest BCUT2D eigenvalue weighted by Crippen LogP contribution is -2.51. The maximum absolute atomic E-state index is 11.8. The number of amides is 1. The van der Waals surface area contributed by atoms with Crippen molar-refractivity contribution < 1.29 is 4.79 Å². The van der Waals surface area contributed by atoms with E-state index in [4.69, 9.17) is 0 Å². The molecule has 1 saturated carbocycles. The number of carbonyl (C=O) groups excluding carboxylic acids is 1. The first kappa shape index (κ1) is 13.5. The summed E-state index contributed by atoms with van der Waals surface area (Å²) < 4.78 is 0. The number of rotatable bonds is 4. The highest BCUT2D eigenvalue weighted by Gasteiger charge is 2.32. The third kappa shape index (κ3) is 4.12. The molecule has 1 fully saturated rings. The van der Waals surface area contributed by atoms with E-state index in [1.807, 2.05) is 27.7 Å². The fraction of sp³-hybridized carbons (Fsp3) is 0.923. The first-order valence-electron chi connectivity index (χ1n) is 6.27. The van der Waals surface area contributed by atoms with Gasteiger partial charge in [0.15, 0.2) is 0 Å². The summed E-state index contributed by atoms with van der Waals surface area (Å²) in [4.78, 5) is 11.8. The van der Waals surface area contributed by atoms with Gasteiger partial charge in [0.25, 0.3) is 0 Å². The molecule has 16 heavy (non-hydrogen) atoms. The molecule has 0 saturated heterocycles. The van der Waals surface area contributed by atoms with Gasteiger partial charge in [-0.05, 0) is 46.0 Å². The van der Waals surface area contributed by atoms with Crippen LogP contribution in [0.15, 0.2) is 0 Å². The Bertz CT molecular complexity index is 251. The minimum absolute atomic E-state index is 0.0930. The maximum atomic E-state index is 11.8. The second-order valence-electron chi connectivity index (χ2n) is 6.51. The van der Waals surface area contributed by atoms with E-state index in [2.05, 4.69) is 17.6 Å². The smallest absolute Gasteiger partial charge is 0.237 e. The summed E-state index contributed by atoms with van der Waals surface area (Å²) in [6, 6.07) is -0.100. The molecular formula is C13H26N2O. The van der Waals surface area contributed by atoms with Crippen LogP contribution in [0.25, 0.3) is 0 Å². The predicted octanol–water partition coefficient (Wildman–Crippen LogP) is 2.07. The molecule has 0 spiro atoms. The van der Waals surface area contributed by atoms with Crippen LogP contribution in [-0.4, -0.2) is 24.0 Å². The van der Waals surface area contributed by atoms with Gasteiger partial charge in [-0.25, -0.2) is 0 Å². The Labute approximate surface area is 99.4 Å². The van der Waals surface area contributed by atoms with Gasteiger partial charge in [0.2, 0.25) is 5.91 Å². The van der Waals surface area contributed by atoms with Crippen LogP contribution in [0.5, 0.6) is 0 Å². The Morgan fingerprint density at radius 1 is 1.38 bits per heavy atom. The number of nitrogens with one attached hydrogen (secondary N) is 2. The summed E-state index contributed by atoms with van der Waals surface area (Å²) in [5.41, 5.74) is 0.281. The first-order valence-corrected chi connectivity index (χ1v) is 6.27. The van der Waals surface area contributed by atoms with Crippen molar-refractivity contribution in [2.24, 2.45) is 5.41 Å². The zero-order valence-corrected chi connectivity index (χ0v) is 11.3. The average molecular weight is 226 g/mol. The molecule has 1 atom stereocenters. The molecule has 1 aliphatic carbocycles. The summed E-state index contributed by atoms with van der Waals surface area (Å²) in [7, 11) is 0. The lowest BCUT2D eigenvalue weighted by molar-refractivity contribution is -0.124. The topological polar surface area (TPSA) is 41.1 Å². The summed E-state index contributed by atoms with van der Waals surface area (Å²) in [5.74, 6) is 0.0930. The van der Waals surface area contributed by atoms with Crippen molar-refractivity contribution in [1.29, 1.82) is 0 Å². The largest absolute Gasteiger partial charge is 0.350 e. The van der Waals surface area contributed by atoms with Gasteiger partial charge in [-0.15, -0.1) is 0 Å². The monoisotopic (exact) mass is 226 g/mol. The SMILES string of the molecule is CC(NCC1(C)CCC1)C(=O)NC(C)(C)C. The minimum Gasteiger partial charge on any atom is -0.350 e. The molecule has 0 aromatic carbocycles. The van der Waals surface area contributed by atoms with E-state index in [-0.39, 0.29) is 17.5 Å². The van der Waals surface area contributed by atoms with E-state index in [1.165, 1.54) is 19.3 Å². The summed E-state index contributed by atoms with van der Waals surface area (Å²) >= 11 is 0. The van der Waals surface area contributed by atoms with Gasteiger partial charge >= 0.3 is 0 Å². The molecule has 0 radical (unpaired) electrons. The highest BCUT2D eigenvalue weighted by atomic mass is 16.2. The van der Waals surface area contributed by atoms with Gasteiger partial charge in [-0.1, -0.05) is 13.3 Å². The van der Waals surface area contributed by atoms with Gasteiger partial charge in [-0.2, -0.15) is 0 Å². The third-order valence-corrected chi connectivity index (χ3v) is 3.29. The molecule has 3 heteroatoms. The Hall–Kier alpha value is -0.570. The van der Waals surface area contributed by atoms with Gasteiger partial charge in [0.1, 0.15) is 0 Å². The molecule has 0 aromatic heterocycles. The Morgan fingerprint density at radius 2 is 1.94 bits per heavy atom. The molecule has 1 rings (SSSR count). The van der Waals surface area contributed by atoms with Crippen LogP contribution in [0.1, 0.15) is 53.9 Å². The second kappa shape index (κ2) is 4.74. The molecule has 2 N–H and O–H groups in total. The molecular weight excluding hydrogens is 200 g/mol. The zero-order chi connectivity index (χ0) is 12.4. The molecule has 1 unspecified atom stereocenters. The van der Waals surface area contributed by atoms with Crippen LogP contribution in [0, 0.1) is 5.41 Å². The van der Waals surface area contributed by atoms with Crippen molar-refractivity contribution in [2.75, 3.05) is 6.54 Å². The normalized spacial score (nSPS) is 21.1. The Morgan fingerprint density at radius 3 is 2.31 bits per heavy atom. The van der Waals surface area contributed by atoms with Crippen molar-refractivity contribution >= 4 is 5.91 Å². The highest BCUT2D eigenvalue weighted by Crippen LogP contribution is 2.39. The molecule has 0 bridgehead atoms. The molecule has 0 heterocycles. The van der Waals surface area contributed by atoms with Gasteiger partial charge < -0.3 is 10.6 Å². The fourth-order valence-corrected chi connectivity index (χ4v) is 1.93. The van der Waals surface area contributed by atoms with E-state index in [0.29, 0.717) is 5.41 Å². The lowest BCUT2D eigenvalue weighted by atomic mass is 9.70. The van der Waals surface area contributed by atoms with E-state index in [1.54, 1.807) is 0 Å². The summed E-state index contributed by atoms with van der Waals surface area (Å²) in [6.45, 7) is 11.2. The standard InChI is InChI=1S/C13H26N2O/c1-10(11(16)15-12(2,3)4)14-9-13(5)7-6-8-13/h10,14H,6-9H2,1-5H3,(H,15,16). The molecule has 0 aliphatic heterocycles. The maximum Gasteiger partial charge on any atom is 0.237 e. The van der Waals surface area contributed by atoms with E-state index in [0.717, 1.165) is 6.54 Å². The van der Waals surface area contributed by atoms with Gasteiger partial charge in [0, 0.05) is 12.1 Å². The number of hydrogen-bond donors (Lipinski definition) is 2. The summed E-state index contributed by atoms with van der Waals surface area (Å²) in [6.07, 6.45) is 3.90. The lowest BCUT2D eigenvalue weighted by Gasteiger charge is -2.39. The number of carbonyl (C=O) groups is 1.